The van der Waals surface area contributed by atoms with Crippen LogP contribution in [-0.2, 0) is 10.0 Å². The molecular weight excluding hydrogens is 340 g/mol. The van der Waals surface area contributed by atoms with E-state index in [9.17, 15) is 8.42 Å². The van der Waals surface area contributed by atoms with Gasteiger partial charge in [-0.2, -0.15) is 0 Å². The second-order valence-corrected chi connectivity index (χ2v) is 8.17. The Morgan fingerprint density at radius 2 is 1.75 bits per heavy atom. The van der Waals surface area contributed by atoms with Crippen molar-refractivity contribution in [2.45, 2.75) is 17.7 Å². The van der Waals surface area contributed by atoms with Crippen molar-refractivity contribution in [3.05, 3.63) is 24.3 Å². The summed E-state index contributed by atoms with van der Waals surface area (Å²) in [4.78, 5) is 2.67. The zero-order valence-corrected chi connectivity index (χ0v) is 14.3. The van der Waals surface area contributed by atoms with Gasteiger partial charge in [-0.1, -0.05) is 15.9 Å². The number of nitrogens with zero attached hydrogens (tertiary/aromatic N) is 2. The average molecular weight is 361 g/mol. The fraction of sp³-hybridized carbons (Fsp3) is 0.571. The third kappa shape index (κ3) is 3.35. The molecule has 0 N–H and O–H groups in total. The van der Waals surface area contributed by atoms with Crippen molar-refractivity contribution >= 4 is 31.6 Å². The van der Waals surface area contributed by atoms with E-state index in [1.54, 1.807) is 26.2 Å². The number of halogens is 1. The molecule has 20 heavy (non-hydrogen) atoms. The van der Waals surface area contributed by atoms with Gasteiger partial charge in [-0.15, -0.1) is 0 Å². The summed E-state index contributed by atoms with van der Waals surface area (Å²) >= 11 is 3.54. The van der Waals surface area contributed by atoms with Gasteiger partial charge in [0.2, 0.25) is 10.0 Å². The van der Waals surface area contributed by atoms with Gasteiger partial charge in [0.15, 0.2) is 0 Å². The molecule has 0 aliphatic carbocycles. The number of anilines is 1. The largest absolute Gasteiger partial charge is 0.372 e. The van der Waals surface area contributed by atoms with Crippen molar-refractivity contribution in [1.82, 2.24) is 4.31 Å². The van der Waals surface area contributed by atoms with Crippen molar-refractivity contribution in [3.8, 4) is 0 Å². The topological polar surface area (TPSA) is 40.6 Å². The van der Waals surface area contributed by atoms with Crippen LogP contribution in [0.2, 0.25) is 0 Å². The first-order valence-electron chi connectivity index (χ1n) is 6.78. The van der Waals surface area contributed by atoms with Gasteiger partial charge in [0.25, 0.3) is 0 Å². The number of sulfonamides is 1. The molecule has 1 aromatic carbocycles. The van der Waals surface area contributed by atoms with E-state index >= 15 is 0 Å². The maximum Gasteiger partial charge on any atom is 0.242 e. The Morgan fingerprint density at radius 3 is 2.20 bits per heavy atom. The maximum absolute atomic E-state index is 12.0. The monoisotopic (exact) mass is 360 g/mol. The predicted molar refractivity (Wildman–Crippen MR) is 86.0 cm³/mol. The minimum Gasteiger partial charge on any atom is -0.372 e. The van der Waals surface area contributed by atoms with Gasteiger partial charge < -0.3 is 4.90 Å². The van der Waals surface area contributed by atoms with Crippen molar-refractivity contribution in [3.63, 3.8) is 0 Å². The molecule has 0 atom stereocenters. The molecule has 4 nitrogen and oxygen atoms in total. The van der Waals surface area contributed by atoms with Gasteiger partial charge >= 0.3 is 0 Å². The van der Waals surface area contributed by atoms with E-state index in [1.807, 2.05) is 12.1 Å². The van der Waals surface area contributed by atoms with Crippen molar-refractivity contribution in [2.75, 3.05) is 37.4 Å². The summed E-state index contributed by atoms with van der Waals surface area (Å²) in [6.45, 7) is 2.08. The van der Waals surface area contributed by atoms with Crippen LogP contribution in [0, 0.1) is 5.92 Å². The van der Waals surface area contributed by atoms with E-state index in [1.165, 1.54) is 17.1 Å². The van der Waals surface area contributed by atoms with Crippen LogP contribution in [0.1, 0.15) is 12.8 Å². The van der Waals surface area contributed by atoms with Gasteiger partial charge in [-0.05, 0) is 43.0 Å². The highest BCUT2D eigenvalue weighted by molar-refractivity contribution is 9.09. The van der Waals surface area contributed by atoms with Crippen LogP contribution in [0.5, 0.6) is 0 Å². The van der Waals surface area contributed by atoms with Crippen molar-refractivity contribution < 1.29 is 8.42 Å². The number of alkyl halides is 1. The highest BCUT2D eigenvalue weighted by atomic mass is 79.9. The summed E-state index contributed by atoms with van der Waals surface area (Å²) in [5.74, 6) is 0.764. The lowest BCUT2D eigenvalue weighted by molar-refractivity contribution is 0.447. The molecule has 6 heteroatoms. The molecule has 0 aromatic heterocycles. The predicted octanol–water partition coefficient (Wildman–Crippen LogP) is 2.55. The first-order chi connectivity index (χ1) is 9.45. The Labute approximate surface area is 129 Å². The third-order valence-corrected chi connectivity index (χ3v) is 6.56. The second kappa shape index (κ2) is 6.45. The van der Waals surface area contributed by atoms with Crippen LogP contribution in [0.3, 0.4) is 0 Å². The smallest absolute Gasteiger partial charge is 0.242 e. The molecule has 0 amide bonds. The van der Waals surface area contributed by atoms with Crippen LogP contribution < -0.4 is 4.90 Å². The van der Waals surface area contributed by atoms with Crippen molar-refractivity contribution in [1.29, 1.82) is 0 Å². The number of rotatable bonds is 4. The molecule has 1 heterocycles. The molecule has 0 saturated carbocycles. The Balaban J connectivity index is 2.10. The number of hydrogen-bond acceptors (Lipinski definition) is 3. The highest BCUT2D eigenvalue weighted by Gasteiger charge is 2.20. The van der Waals surface area contributed by atoms with Crippen molar-refractivity contribution in [2.24, 2.45) is 5.92 Å². The lowest BCUT2D eigenvalue weighted by atomic mass is 9.99. The molecule has 1 fully saturated rings. The van der Waals surface area contributed by atoms with Gasteiger partial charge in [0.05, 0.1) is 4.90 Å². The summed E-state index contributed by atoms with van der Waals surface area (Å²) in [5, 5.41) is 1.07. The summed E-state index contributed by atoms with van der Waals surface area (Å²) in [5.41, 5.74) is 1.11. The zero-order chi connectivity index (χ0) is 14.8. The van der Waals surface area contributed by atoms with Gasteiger partial charge in [0.1, 0.15) is 0 Å². The lowest BCUT2D eigenvalue weighted by Crippen LogP contribution is -2.34. The van der Waals surface area contributed by atoms with Crippen LogP contribution >= 0.6 is 15.9 Å². The average Bonchev–Trinajstić information content (AvgIpc) is 2.47. The summed E-state index contributed by atoms with van der Waals surface area (Å²) < 4.78 is 25.3. The van der Waals surface area contributed by atoms with Gasteiger partial charge in [-0.3, -0.25) is 0 Å². The Kier molecular flexibility index (Phi) is 5.09. The summed E-state index contributed by atoms with van der Waals surface area (Å²) in [6.07, 6.45) is 2.37. The van der Waals surface area contributed by atoms with E-state index < -0.39 is 10.0 Å². The standard InChI is InChI=1S/C14H21BrN2O2S/c1-16(2)20(18,19)14-5-3-13(4-6-14)17-9-7-12(11-15)8-10-17/h3-6,12H,7-11H2,1-2H3. The maximum atomic E-state index is 12.0. The molecule has 0 bridgehead atoms. The molecule has 112 valence electrons. The van der Waals surface area contributed by atoms with Gasteiger partial charge in [-0.25, -0.2) is 12.7 Å². The zero-order valence-electron chi connectivity index (χ0n) is 11.9. The van der Waals surface area contributed by atoms with E-state index in [2.05, 4.69) is 20.8 Å². The molecule has 1 saturated heterocycles. The Morgan fingerprint density at radius 1 is 1.20 bits per heavy atom. The van der Waals surface area contributed by atoms with E-state index in [-0.39, 0.29) is 0 Å². The first kappa shape index (κ1) is 15.8. The summed E-state index contributed by atoms with van der Waals surface area (Å²) in [6, 6.07) is 7.21. The quantitative estimate of drug-likeness (QED) is 0.774. The van der Waals surface area contributed by atoms with E-state index in [0.29, 0.717) is 4.90 Å². The Hall–Kier alpha value is -0.590. The molecule has 1 aliphatic heterocycles. The van der Waals surface area contributed by atoms with E-state index in [4.69, 9.17) is 0 Å². The minimum absolute atomic E-state index is 0.349. The molecule has 0 unspecified atom stereocenters. The molecule has 2 rings (SSSR count). The lowest BCUT2D eigenvalue weighted by Gasteiger charge is -2.33. The molecule has 0 spiro atoms. The van der Waals surface area contributed by atoms with Gasteiger partial charge in [0, 0.05) is 38.2 Å². The summed E-state index contributed by atoms with van der Waals surface area (Å²) in [7, 11) is -0.229. The highest BCUT2D eigenvalue weighted by Crippen LogP contribution is 2.25. The number of piperidine rings is 1. The number of benzene rings is 1. The van der Waals surface area contributed by atoms with Crippen LogP contribution in [-0.4, -0.2) is 45.2 Å². The normalized spacial score (nSPS) is 17.7. The second-order valence-electron chi connectivity index (χ2n) is 5.37. The SMILES string of the molecule is CN(C)S(=O)(=O)c1ccc(N2CCC(CBr)CC2)cc1. The molecular formula is C14H21BrN2O2S. The Bertz CT molecular complexity index is 535. The third-order valence-electron chi connectivity index (χ3n) is 3.81. The van der Waals surface area contributed by atoms with E-state index in [0.717, 1.165) is 30.0 Å². The fourth-order valence-corrected chi connectivity index (χ4v) is 3.93. The minimum atomic E-state index is -3.33. The first-order valence-corrected chi connectivity index (χ1v) is 9.35. The molecule has 1 aliphatic rings. The fourth-order valence-electron chi connectivity index (χ4n) is 2.39. The van der Waals surface area contributed by atoms with Crippen LogP contribution in [0.4, 0.5) is 5.69 Å². The van der Waals surface area contributed by atoms with Crippen LogP contribution in [0.25, 0.3) is 0 Å². The molecule has 1 aromatic rings. The van der Waals surface area contributed by atoms with Crippen LogP contribution in [0.15, 0.2) is 29.2 Å². The number of hydrogen-bond donors (Lipinski definition) is 0. The molecule has 0 radical (unpaired) electrons.